The predicted molar refractivity (Wildman–Crippen MR) is 134 cm³/mol. The van der Waals surface area contributed by atoms with Crippen molar-refractivity contribution in [2.75, 3.05) is 30.9 Å². The van der Waals surface area contributed by atoms with Crippen molar-refractivity contribution in [2.45, 2.75) is 18.9 Å². The highest BCUT2D eigenvalue weighted by Gasteiger charge is 2.25. The molecule has 0 saturated carbocycles. The summed E-state index contributed by atoms with van der Waals surface area (Å²) in [5.41, 5.74) is 9.49. The molecule has 0 spiro atoms. The number of hydrogen-bond acceptors (Lipinski definition) is 7. The van der Waals surface area contributed by atoms with Crippen molar-refractivity contribution in [3.8, 4) is 34.0 Å². The summed E-state index contributed by atoms with van der Waals surface area (Å²) in [6, 6.07) is 23.9. The normalized spacial score (nSPS) is 15.4. The molecule has 7 nitrogen and oxygen atoms in total. The van der Waals surface area contributed by atoms with Crippen LogP contribution in [0.3, 0.4) is 0 Å². The first-order valence-electron chi connectivity index (χ1n) is 11.4. The number of nitrogen functional groups attached to an aromatic ring is 1. The lowest BCUT2D eigenvalue weighted by molar-refractivity contribution is 0.180. The van der Waals surface area contributed by atoms with Crippen molar-refractivity contribution in [1.29, 1.82) is 0 Å². The highest BCUT2D eigenvalue weighted by atomic mass is 16.5. The van der Waals surface area contributed by atoms with Gasteiger partial charge in [0.25, 0.3) is 0 Å². The number of nitrogens with two attached hydrogens (primary N) is 1. The van der Waals surface area contributed by atoms with E-state index in [9.17, 15) is 0 Å². The molecule has 1 saturated heterocycles. The van der Waals surface area contributed by atoms with Crippen molar-refractivity contribution >= 4 is 11.8 Å². The highest BCUT2D eigenvalue weighted by molar-refractivity contribution is 5.69. The van der Waals surface area contributed by atoms with E-state index < -0.39 is 0 Å². The van der Waals surface area contributed by atoms with Crippen LogP contribution in [0.5, 0.6) is 11.5 Å². The fourth-order valence-electron chi connectivity index (χ4n) is 4.32. The second-order valence-electron chi connectivity index (χ2n) is 8.28. The smallest absolute Gasteiger partial charge is 0.221 e. The minimum atomic E-state index is 0.245. The summed E-state index contributed by atoms with van der Waals surface area (Å²) < 4.78 is 11.5. The monoisotopic (exact) mass is 453 g/mol. The summed E-state index contributed by atoms with van der Waals surface area (Å²) in [6.07, 6.45) is 4.04. The lowest BCUT2D eigenvalue weighted by atomic mass is 10.1. The quantitative estimate of drug-likeness (QED) is 0.412. The van der Waals surface area contributed by atoms with E-state index in [1.165, 1.54) is 0 Å². The number of aromatic nitrogens is 3. The second kappa shape index (κ2) is 9.89. The maximum Gasteiger partial charge on any atom is 0.221 e. The average Bonchev–Trinajstić information content (AvgIpc) is 3.33. The Labute approximate surface area is 199 Å². The average molecular weight is 454 g/mol. The molecule has 5 rings (SSSR count). The fraction of sp³-hybridized carbons (Fsp3) is 0.222. The Kier molecular flexibility index (Phi) is 6.35. The zero-order chi connectivity index (χ0) is 23.3. The molecule has 1 fully saturated rings. The van der Waals surface area contributed by atoms with Gasteiger partial charge in [0, 0.05) is 37.0 Å². The van der Waals surface area contributed by atoms with E-state index in [1.54, 1.807) is 13.3 Å². The van der Waals surface area contributed by atoms with E-state index in [0.717, 1.165) is 59.2 Å². The van der Waals surface area contributed by atoms with Crippen LogP contribution in [0.1, 0.15) is 12.8 Å². The molecule has 1 aliphatic heterocycles. The summed E-state index contributed by atoms with van der Waals surface area (Å²) in [4.78, 5) is 15.7. The molecular weight excluding hydrogens is 426 g/mol. The molecule has 4 aromatic rings. The number of benzene rings is 2. The number of hydrogen-bond donors (Lipinski definition) is 1. The Morgan fingerprint density at radius 1 is 0.912 bits per heavy atom. The van der Waals surface area contributed by atoms with Gasteiger partial charge in [-0.25, -0.2) is 15.0 Å². The molecule has 3 heterocycles. The predicted octanol–water partition coefficient (Wildman–Crippen LogP) is 5.20. The van der Waals surface area contributed by atoms with Crippen molar-refractivity contribution in [2.24, 2.45) is 0 Å². The van der Waals surface area contributed by atoms with Gasteiger partial charge in [-0.1, -0.05) is 30.3 Å². The Hall–Kier alpha value is -3.97. The van der Waals surface area contributed by atoms with Crippen molar-refractivity contribution in [1.82, 2.24) is 15.0 Å². The van der Waals surface area contributed by atoms with Gasteiger partial charge in [-0.2, -0.15) is 0 Å². The molecule has 0 amide bonds. The third-order valence-electron chi connectivity index (χ3n) is 5.95. The number of nitrogens with zero attached hydrogens (tertiary/aromatic N) is 4. The number of rotatable bonds is 7. The first-order chi connectivity index (χ1) is 16.7. The number of ether oxygens (including phenoxy) is 2. The Morgan fingerprint density at radius 2 is 1.65 bits per heavy atom. The molecule has 0 bridgehead atoms. The summed E-state index contributed by atoms with van der Waals surface area (Å²) in [7, 11) is 1.74. The Balaban J connectivity index is 1.33. The van der Waals surface area contributed by atoms with Crippen LogP contribution in [0.2, 0.25) is 0 Å². The highest BCUT2D eigenvalue weighted by Crippen LogP contribution is 2.30. The number of anilines is 2. The Morgan fingerprint density at radius 3 is 2.38 bits per heavy atom. The first kappa shape index (κ1) is 21.9. The molecule has 2 aromatic heterocycles. The molecule has 1 aliphatic rings. The lowest BCUT2D eigenvalue weighted by Gasteiger charge is -2.25. The molecule has 0 aliphatic carbocycles. The third kappa shape index (κ3) is 4.84. The maximum atomic E-state index is 6.13. The van der Waals surface area contributed by atoms with Crippen molar-refractivity contribution in [3.05, 3.63) is 79.0 Å². The minimum absolute atomic E-state index is 0.245. The van der Waals surface area contributed by atoms with Crippen molar-refractivity contribution in [3.63, 3.8) is 0 Å². The summed E-state index contributed by atoms with van der Waals surface area (Å²) in [6.45, 7) is 1.68. The van der Waals surface area contributed by atoms with Gasteiger partial charge in [0.2, 0.25) is 5.95 Å². The fourth-order valence-corrected chi connectivity index (χ4v) is 4.32. The van der Waals surface area contributed by atoms with Gasteiger partial charge in [0.15, 0.2) is 0 Å². The number of pyridine rings is 1. The van der Waals surface area contributed by atoms with Gasteiger partial charge in [-0.15, -0.1) is 0 Å². The first-order valence-corrected chi connectivity index (χ1v) is 11.4. The standard InChI is InChI=1S/C27H27N5O2/c1-33-18-21-8-5-15-32(21)26-16-23(13-14-29-26)34-22-11-9-20(10-12-22)25-17-24(30-27(28)31-25)19-6-3-2-4-7-19/h2-4,6-7,9-14,16-17,21H,5,8,15,18H2,1H3,(H2,28,30,31). The molecule has 0 radical (unpaired) electrons. The minimum Gasteiger partial charge on any atom is -0.457 e. The van der Waals surface area contributed by atoms with E-state index in [4.69, 9.17) is 15.2 Å². The van der Waals surface area contributed by atoms with Gasteiger partial charge in [-0.05, 0) is 49.2 Å². The molecule has 1 unspecified atom stereocenters. The van der Waals surface area contributed by atoms with Gasteiger partial charge >= 0.3 is 0 Å². The number of methoxy groups -OCH3 is 1. The van der Waals surface area contributed by atoms with E-state index in [0.29, 0.717) is 12.6 Å². The van der Waals surface area contributed by atoms with Crippen LogP contribution < -0.4 is 15.4 Å². The van der Waals surface area contributed by atoms with Crippen LogP contribution in [0, 0.1) is 0 Å². The molecule has 2 aromatic carbocycles. The third-order valence-corrected chi connectivity index (χ3v) is 5.95. The SMILES string of the molecule is COCC1CCCN1c1cc(Oc2ccc(-c3cc(-c4ccccc4)nc(N)n3)cc2)ccn1. The van der Waals surface area contributed by atoms with E-state index in [2.05, 4.69) is 19.9 Å². The van der Waals surface area contributed by atoms with Gasteiger partial charge < -0.3 is 20.1 Å². The summed E-state index contributed by atoms with van der Waals surface area (Å²) >= 11 is 0. The topological polar surface area (TPSA) is 86.4 Å². The summed E-state index contributed by atoms with van der Waals surface area (Å²) in [5, 5.41) is 0. The maximum absolute atomic E-state index is 6.13. The zero-order valence-corrected chi connectivity index (χ0v) is 19.1. The van der Waals surface area contributed by atoms with E-state index in [-0.39, 0.29) is 5.95 Å². The lowest BCUT2D eigenvalue weighted by Crippen LogP contribution is -2.33. The van der Waals surface area contributed by atoms with E-state index >= 15 is 0 Å². The summed E-state index contributed by atoms with van der Waals surface area (Å²) in [5.74, 6) is 2.65. The van der Waals surface area contributed by atoms with Crippen LogP contribution in [-0.4, -0.2) is 41.3 Å². The molecule has 1 atom stereocenters. The van der Waals surface area contributed by atoms with Gasteiger partial charge in [0.05, 0.1) is 24.0 Å². The van der Waals surface area contributed by atoms with Gasteiger partial charge in [-0.3, -0.25) is 0 Å². The van der Waals surface area contributed by atoms with Crippen LogP contribution in [0.25, 0.3) is 22.5 Å². The van der Waals surface area contributed by atoms with Crippen LogP contribution >= 0.6 is 0 Å². The van der Waals surface area contributed by atoms with Crippen LogP contribution in [0.15, 0.2) is 79.0 Å². The zero-order valence-electron chi connectivity index (χ0n) is 19.1. The van der Waals surface area contributed by atoms with Gasteiger partial charge in [0.1, 0.15) is 17.3 Å². The molecule has 34 heavy (non-hydrogen) atoms. The van der Waals surface area contributed by atoms with E-state index in [1.807, 2.05) is 72.8 Å². The molecule has 172 valence electrons. The molecule has 2 N–H and O–H groups in total. The Bertz CT molecular complexity index is 1250. The van der Waals surface area contributed by atoms with Crippen LogP contribution in [-0.2, 0) is 4.74 Å². The largest absolute Gasteiger partial charge is 0.457 e. The second-order valence-corrected chi connectivity index (χ2v) is 8.28. The molecular formula is C27H27N5O2. The van der Waals surface area contributed by atoms with Crippen LogP contribution in [0.4, 0.5) is 11.8 Å². The molecule has 7 heteroatoms. The van der Waals surface area contributed by atoms with Crippen molar-refractivity contribution < 1.29 is 9.47 Å².